The van der Waals surface area contributed by atoms with Gasteiger partial charge in [0.2, 0.25) is 5.91 Å². The molecular formula is C18H23NO3. The maximum atomic E-state index is 12.3. The van der Waals surface area contributed by atoms with Gasteiger partial charge < -0.3 is 9.64 Å². The van der Waals surface area contributed by atoms with Crippen molar-refractivity contribution in [3.63, 3.8) is 0 Å². The summed E-state index contributed by atoms with van der Waals surface area (Å²) in [6.07, 6.45) is 5.07. The van der Waals surface area contributed by atoms with Crippen LogP contribution in [-0.2, 0) is 14.3 Å². The Kier molecular flexibility index (Phi) is 5.75. The van der Waals surface area contributed by atoms with Gasteiger partial charge >= 0.3 is 5.97 Å². The zero-order valence-corrected chi connectivity index (χ0v) is 13.2. The van der Waals surface area contributed by atoms with E-state index >= 15 is 0 Å². The molecule has 0 bridgehead atoms. The Morgan fingerprint density at radius 2 is 2.14 bits per heavy atom. The first-order chi connectivity index (χ1) is 10.6. The van der Waals surface area contributed by atoms with Crippen molar-refractivity contribution in [1.29, 1.82) is 0 Å². The fraction of sp³-hybridized carbons (Fsp3) is 0.444. The van der Waals surface area contributed by atoms with Gasteiger partial charge in [-0.2, -0.15) is 0 Å². The lowest BCUT2D eigenvalue weighted by Crippen LogP contribution is -2.42. The minimum Gasteiger partial charge on any atom is -0.466 e. The third kappa shape index (κ3) is 4.20. The number of carbonyl (C=O) groups is 2. The highest BCUT2D eigenvalue weighted by atomic mass is 16.5. The molecule has 1 amide bonds. The molecule has 1 aromatic carbocycles. The smallest absolute Gasteiger partial charge is 0.310 e. The van der Waals surface area contributed by atoms with E-state index in [9.17, 15) is 9.59 Å². The number of rotatable bonds is 4. The first kappa shape index (κ1) is 16.3. The zero-order chi connectivity index (χ0) is 15.9. The van der Waals surface area contributed by atoms with Gasteiger partial charge in [0.25, 0.3) is 0 Å². The molecule has 22 heavy (non-hydrogen) atoms. The number of carbonyl (C=O) groups excluding carboxylic acids is 2. The number of nitrogens with zero attached hydrogens (tertiary/aromatic N) is 1. The summed E-state index contributed by atoms with van der Waals surface area (Å²) >= 11 is 0. The summed E-state index contributed by atoms with van der Waals surface area (Å²) in [7, 11) is 0. The minimum atomic E-state index is -0.192. The highest BCUT2D eigenvalue weighted by Gasteiger charge is 2.28. The van der Waals surface area contributed by atoms with Gasteiger partial charge in [-0.05, 0) is 43.9 Å². The normalized spacial score (nSPS) is 18.5. The van der Waals surface area contributed by atoms with E-state index in [-0.39, 0.29) is 17.8 Å². The van der Waals surface area contributed by atoms with Crippen LogP contribution in [0.4, 0.5) is 0 Å². The fourth-order valence-electron chi connectivity index (χ4n) is 2.67. The Balaban J connectivity index is 1.97. The molecule has 1 aliphatic heterocycles. The van der Waals surface area contributed by atoms with Crippen LogP contribution in [0.15, 0.2) is 30.3 Å². The van der Waals surface area contributed by atoms with Crippen molar-refractivity contribution in [2.75, 3.05) is 19.7 Å². The van der Waals surface area contributed by atoms with E-state index in [0.29, 0.717) is 19.7 Å². The number of hydrogen-bond acceptors (Lipinski definition) is 3. The van der Waals surface area contributed by atoms with Crippen LogP contribution in [0.1, 0.15) is 30.9 Å². The summed E-state index contributed by atoms with van der Waals surface area (Å²) in [6, 6.07) is 7.93. The predicted octanol–water partition coefficient (Wildman–Crippen LogP) is 2.81. The molecule has 0 aromatic heterocycles. The molecule has 118 valence electrons. The SMILES string of the molecule is CCOC(=O)C1CCCN(C(=O)/C=C/c2ccccc2C)C1. The molecule has 1 heterocycles. The average molecular weight is 301 g/mol. The summed E-state index contributed by atoms with van der Waals surface area (Å²) in [6.45, 7) is 5.36. The molecule has 0 radical (unpaired) electrons. The van der Waals surface area contributed by atoms with Crippen molar-refractivity contribution in [2.24, 2.45) is 5.92 Å². The largest absolute Gasteiger partial charge is 0.466 e. The van der Waals surface area contributed by atoms with Crippen molar-refractivity contribution in [1.82, 2.24) is 4.90 Å². The van der Waals surface area contributed by atoms with Gasteiger partial charge in [0.05, 0.1) is 12.5 Å². The molecule has 1 aliphatic rings. The summed E-state index contributed by atoms with van der Waals surface area (Å²) in [5.74, 6) is -0.426. The quantitative estimate of drug-likeness (QED) is 0.634. The molecule has 2 rings (SSSR count). The number of benzene rings is 1. The van der Waals surface area contributed by atoms with Crippen molar-refractivity contribution in [3.05, 3.63) is 41.5 Å². The maximum absolute atomic E-state index is 12.3. The van der Waals surface area contributed by atoms with E-state index in [4.69, 9.17) is 4.74 Å². The fourth-order valence-corrected chi connectivity index (χ4v) is 2.67. The van der Waals surface area contributed by atoms with E-state index in [1.54, 1.807) is 17.9 Å². The van der Waals surface area contributed by atoms with Crippen molar-refractivity contribution >= 4 is 18.0 Å². The summed E-state index contributed by atoms with van der Waals surface area (Å²) in [4.78, 5) is 25.8. The lowest BCUT2D eigenvalue weighted by atomic mass is 9.98. The van der Waals surface area contributed by atoms with Crippen LogP contribution in [-0.4, -0.2) is 36.5 Å². The molecule has 1 aromatic rings. The second kappa shape index (κ2) is 7.78. The van der Waals surface area contributed by atoms with Gasteiger partial charge in [-0.15, -0.1) is 0 Å². The number of amides is 1. The lowest BCUT2D eigenvalue weighted by molar-refractivity contribution is -0.150. The van der Waals surface area contributed by atoms with Crippen LogP contribution in [0.3, 0.4) is 0 Å². The zero-order valence-electron chi connectivity index (χ0n) is 13.2. The Morgan fingerprint density at radius 3 is 2.86 bits per heavy atom. The van der Waals surface area contributed by atoms with Gasteiger partial charge in [0, 0.05) is 19.2 Å². The van der Waals surface area contributed by atoms with Gasteiger partial charge in [-0.3, -0.25) is 9.59 Å². The number of hydrogen-bond donors (Lipinski definition) is 0. The van der Waals surface area contributed by atoms with Gasteiger partial charge in [0.1, 0.15) is 0 Å². The maximum Gasteiger partial charge on any atom is 0.310 e. The highest BCUT2D eigenvalue weighted by molar-refractivity contribution is 5.92. The van der Waals surface area contributed by atoms with E-state index in [1.165, 1.54) is 0 Å². The Bertz CT molecular complexity index is 565. The van der Waals surface area contributed by atoms with Crippen molar-refractivity contribution in [3.8, 4) is 0 Å². The van der Waals surface area contributed by atoms with Crippen LogP contribution < -0.4 is 0 Å². The first-order valence-electron chi connectivity index (χ1n) is 7.81. The number of aryl methyl sites for hydroxylation is 1. The Morgan fingerprint density at radius 1 is 1.36 bits per heavy atom. The standard InChI is InChI=1S/C18H23NO3/c1-3-22-18(21)16-9-6-12-19(13-16)17(20)11-10-15-8-5-4-7-14(15)2/h4-5,7-8,10-11,16H,3,6,9,12-13H2,1-2H3/b11-10+. The molecular weight excluding hydrogens is 278 g/mol. The van der Waals surface area contributed by atoms with Gasteiger partial charge in [0.15, 0.2) is 0 Å². The van der Waals surface area contributed by atoms with Crippen LogP contribution in [0.25, 0.3) is 6.08 Å². The number of ether oxygens (including phenoxy) is 1. The van der Waals surface area contributed by atoms with Crippen molar-refractivity contribution in [2.45, 2.75) is 26.7 Å². The minimum absolute atomic E-state index is 0.0442. The molecule has 1 atom stereocenters. The Labute approximate surface area is 131 Å². The Hall–Kier alpha value is -2.10. The van der Waals surface area contributed by atoms with Crippen LogP contribution in [0, 0.1) is 12.8 Å². The molecule has 1 saturated heterocycles. The molecule has 4 heteroatoms. The summed E-state index contributed by atoms with van der Waals surface area (Å²) in [5.41, 5.74) is 2.17. The summed E-state index contributed by atoms with van der Waals surface area (Å²) < 4.78 is 5.06. The van der Waals surface area contributed by atoms with E-state index < -0.39 is 0 Å². The van der Waals surface area contributed by atoms with E-state index in [1.807, 2.05) is 37.3 Å². The third-order valence-corrected chi connectivity index (χ3v) is 3.95. The second-order valence-electron chi connectivity index (χ2n) is 5.57. The number of piperidine rings is 1. The lowest BCUT2D eigenvalue weighted by Gasteiger charge is -2.30. The molecule has 1 fully saturated rings. The monoisotopic (exact) mass is 301 g/mol. The van der Waals surface area contributed by atoms with E-state index in [0.717, 1.165) is 24.0 Å². The molecule has 1 unspecified atom stereocenters. The van der Waals surface area contributed by atoms with Crippen LogP contribution in [0.2, 0.25) is 0 Å². The molecule has 0 N–H and O–H groups in total. The first-order valence-corrected chi connectivity index (χ1v) is 7.81. The van der Waals surface area contributed by atoms with Crippen LogP contribution in [0.5, 0.6) is 0 Å². The van der Waals surface area contributed by atoms with Crippen molar-refractivity contribution < 1.29 is 14.3 Å². The molecule has 4 nitrogen and oxygen atoms in total. The van der Waals surface area contributed by atoms with Gasteiger partial charge in [-0.1, -0.05) is 24.3 Å². The second-order valence-corrected chi connectivity index (χ2v) is 5.57. The predicted molar refractivity (Wildman–Crippen MR) is 86.2 cm³/mol. The average Bonchev–Trinajstić information content (AvgIpc) is 2.54. The molecule has 0 spiro atoms. The van der Waals surface area contributed by atoms with Crippen LogP contribution >= 0.6 is 0 Å². The molecule has 0 aliphatic carbocycles. The molecule has 0 saturated carbocycles. The number of likely N-dealkylation sites (tertiary alicyclic amines) is 1. The number of esters is 1. The van der Waals surface area contributed by atoms with Gasteiger partial charge in [-0.25, -0.2) is 0 Å². The topological polar surface area (TPSA) is 46.6 Å². The third-order valence-electron chi connectivity index (χ3n) is 3.95. The summed E-state index contributed by atoms with van der Waals surface area (Å²) in [5, 5.41) is 0. The van der Waals surface area contributed by atoms with E-state index in [2.05, 4.69) is 0 Å². The highest BCUT2D eigenvalue weighted by Crippen LogP contribution is 2.18.